The zero-order valence-corrected chi connectivity index (χ0v) is 9.69. The molecule has 6 heteroatoms. The monoisotopic (exact) mass is 274 g/mol. The first-order valence-corrected chi connectivity index (χ1v) is 5.00. The molecule has 0 fully saturated rings. The van der Waals surface area contributed by atoms with Crippen LogP contribution in [0.1, 0.15) is 5.69 Å². The third-order valence-corrected chi connectivity index (χ3v) is 2.46. The number of hydrogen-bond donors (Lipinski definition) is 2. The number of nitrogens with zero attached hydrogens (tertiary/aromatic N) is 1. The molecule has 1 rings (SSSR count). The molecule has 0 amide bonds. The van der Waals surface area contributed by atoms with Crippen LogP contribution < -0.4 is 5.73 Å². The highest BCUT2D eigenvalue weighted by Gasteiger charge is 2.15. The van der Waals surface area contributed by atoms with Gasteiger partial charge in [-0.3, -0.25) is 9.78 Å². The van der Waals surface area contributed by atoms with E-state index in [0.717, 1.165) is 0 Å². The van der Waals surface area contributed by atoms with Crippen LogP contribution in [0.2, 0.25) is 0 Å². The number of nitrogens with two attached hydrogens (primary N) is 1. The topological polar surface area (TPSA) is 85.4 Å². The summed E-state index contributed by atoms with van der Waals surface area (Å²) in [5, 5.41) is 9.20. The summed E-state index contributed by atoms with van der Waals surface area (Å²) in [4.78, 5) is 15.0. The van der Waals surface area contributed by atoms with E-state index in [1.165, 1.54) is 13.3 Å². The van der Waals surface area contributed by atoms with Crippen LogP contribution in [0.15, 0.2) is 16.7 Å². The normalized spacial score (nSPS) is 12.2. The lowest BCUT2D eigenvalue weighted by atomic mass is 10.1. The quantitative estimate of drug-likeness (QED) is 0.789. The minimum absolute atomic E-state index is 0.0467. The van der Waals surface area contributed by atoms with Crippen LogP contribution in [0.3, 0.4) is 0 Å². The van der Waals surface area contributed by atoms with Gasteiger partial charge >= 0.3 is 5.97 Å². The SMILES string of the molecule is COC(=O)C(N)Cc1cc(Br)c(O)cn1. The molecular weight excluding hydrogens is 264 g/mol. The smallest absolute Gasteiger partial charge is 0.323 e. The molecule has 1 aromatic rings. The molecule has 0 aliphatic heterocycles. The second-order valence-electron chi connectivity index (χ2n) is 2.96. The molecule has 0 spiro atoms. The highest BCUT2D eigenvalue weighted by atomic mass is 79.9. The Morgan fingerprint density at radius 1 is 1.80 bits per heavy atom. The number of esters is 1. The second kappa shape index (κ2) is 5.09. The van der Waals surface area contributed by atoms with Gasteiger partial charge in [-0.15, -0.1) is 0 Å². The molecule has 0 saturated heterocycles. The first-order valence-electron chi connectivity index (χ1n) is 4.21. The van der Waals surface area contributed by atoms with Gasteiger partial charge in [-0.25, -0.2) is 0 Å². The Bertz CT molecular complexity index is 370. The maximum atomic E-state index is 11.0. The Hall–Kier alpha value is -1.14. The van der Waals surface area contributed by atoms with Crippen molar-refractivity contribution in [1.29, 1.82) is 0 Å². The highest BCUT2D eigenvalue weighted by molar-refractivity contribution is 9.10. The molecule has 15 heavy (non-hydrogen) atoms. The van der Waals surface area contributed by atoms with Gasteiger partial charge in [0, 0.05) is 12.1 Å². The van der Waals surface area contributed by atoms with Gasteiger partial charge in [-0.1, -0.05) is 0 Å². The van der Waals surface area contributed by atoms with E-state index in [2.05, 4.69) is 25.7 Å². The predicted octanol–water partition coefficient (Wildman–Crippen LogP) is 0.592. The van der Waals surface area contributed by atoms with Crippen molar-refractivity contribution in [2.24, 2.45) is 5.73 Å². The van der Waals surface area contributed by atoms with Crippen molar-refractivity contribution < 1.29 is 14.6 Å². The highest BCUT2D eigenvalue weighted by Crippen LogP contribution is 2.22. The standard InChI is InChI=1S/C9H11BrN2O3/c1-15-9(14)7(11)3-5-2-6(10)8(13)4-12-5/h2,4,7,13H,3,11H2,1H3. The van der Waals surface area contributed by atoms with E-state index in [4.69, 9.17) is 5.73 Å². The van der Waals surface area contributed by atoms with Gasteiger partial charge in [0.2, 0.25) is 0 Å². The number of carbonyl (C=O) groups is 1. The Labute approximate surface area is 95.4 Å². The largest absolute Gasteiger partial charge is 0.505 e. The molecular formula is C9H11BrN2O3. The molecule has 82 valence electrons. The molecule has 0 radical (unpaired) electrons. The minimum atomic E-state index is -0.737. The van der Waals surface area contributed by atoms with E-state index in [1.807, 2.05) is 0 Å². The lowest BCUT2D eigenvalue weighted by Crippen LogP contribution is -2.33. The first kappa shape index (κ1) is 11.9. The average molecular weight is 275 g/mol. The van der Waals surface area contributed by atoms with Crippen molar-refractivity contribution in [2.45, 2.75) is 12.5 Å². The fourth-order valence-electron chi connectivity index (χ4n) is 1.03. The molecule has 3 N–H and O–H groups in total. The number of halogens is 1. The van der Waals surface area contributed by atoms with Gasteiger partial charge in [0.15, 0.2) is 0 Å². The Morgan fingerprint density at radius 2 is 2.47 bits per heavy atom. The number of aromatic hydroxyl groups is 1. The van der Waals surface area contributed by atoms with Crippen molar-refractivity contribution in [3.8, 4) is 5.75 Å². The fraction of sp³-hybridized carbons (Fsp3) is 0.333. The van der Waals surface area contributed by atoms with Crippen molar-refractivity contribution in [1.82, 2.24) is 4.98 Å². The summed E-state index contributed by atoms with van der Waals surface area (Å²) in [5.41, 5.74) is 6.16. The van der Waals surface area contributed by atoms with Crippen LogP contribution in [-0.4, -0.2) is 29.2 Å². The zero-order chi connectivity index (χ0) is 11.4. The molecule has 1 atom stereocenters. The van der Waals surface area contributed by atoms with Gasteiger partial charge in [-0.05, 0) is 22.0 Å². The van der Waals surface area contributed by atoms with Crippen LogP contribution in [0.5, 0.6) is 5.75 Å². The second-order valence-corrected chi connectivity index (χ2v) is 3.82. The summed E-state index contributed by atoms with van der Waals surface area (Å²) in [6.07, 6.45) is 1.56. The number of carbonyl (C=O) groups excluding carboxylic acids is 1. The first-order chi connectivity index (χ1) is 7.04. The number of rotatable bonds is 3. The van der Waals surface area contributed by atoms with Crippen LogP contribution in [0.4, 0.5) is 0 Å². The van der Waals surface area contributed by atoms with E-state index < -0.39 is 12.0 Å². The van der Waals surface area contributed by atoms with E-state index >= 15 is 0 Å². The van der Waals surface area contributed by atoms with E-state index in [-0.39, 0.29) is 12.2 Å². The van der Waals surface area contributed by atoms with Crippen molar-refractivity contribution >= 4 is 21.9 Å². The average Bonchev–Trinajstić information content (AvgIpc) is 2.22. The van der Waals surface area contributed by atoms with Crippen LogP contribution in [0, 0.1) is 0 Å². The third kappa shape index (κ3) is 3.17. The van der Waals surface area contributed by atoms with Crippen molar-refractivity contribution in [3.63, 3.8) is 0 Å². The number of ether oxygens (including phenoxy) is 1. The summed E-state index contributed by atoms with van der Waals surface area (Å²) in [6, 6.07) is 0.872. The summed E-state index contributed by atoms with van der Waals surface area (Å²) in [6.45, 7) is 0. The van der Waals surface area contributed by atoms with Gasteiger partial charge in [-0.2, -0.15) is 0 Å². The molecule has 0 aromatic carbocycles. The Kier molecular flexibility index (Phi) is 4.05. The fourth-order valence-corrected chi connectivity index (χ4v) is 1.40. The van der Waals surface area contributed by atoms with Crippen molar-refractivity contribution in [2.75, 3.05) is 7.11 Å². The van der Waals surface area contributed by atoms with Gasteiger partial charge in [0.1, 0.15) is 11.8 Å². The Balaban J connectivity index is 2.73. The van der Waals surface area contributed by atoms with Gasteiger partial charge < -0.3 is 15.6 Å². The van der Waals surface area contributed by atoms with E-state index in [0.29, 0.717) is 10.2 Å². The third-order valence-electron chi connectivity index (χ3n) is 1.82. The zero-order valence-electron chi connectivity index (χ0n) is 8.11. The van der Waals surface area contributed by atoms with Crippen LogP contribution in [0.25, 0.3) is 0 Å². The molecule has 0 bridgehead atoms. The lowest BCUT2D eigenvalue weighted by Gasteiger charge is -2.08. The van der Waals surface area contributed by atoms with Crippen LogP contribution >= 0.6 is 15.9 Å². The van der Waals surface area contributed by atoms with Gasteiger partial charge in [0.25, 0.3) is 0 Å². The summed E-state index contributed by atoms with van der Waals surface area (Å²) < 4.78 is 5.00. The molecule has 0 saturated carbocycles. The predicted molar refractivity (Wildman–Crippen MR) is 57.3 cm³/mol. The van der Waals surface area contributed by atoms with E-state index in [9.17, 15) is 9.90 Å². The number of aromatic nitrogens is 1. The molecule has 5 nitrogen and oxygen atoms in total. The van der Waals surface area contributed by atoms with Crippen LogP contribution in [-0.2, 0) is 16.0 Å². The molecule has 1 unspecified atom stereocenters. The maximum Gasteiger partial charge on any atom is 0.323 e. The molecule has 1 heterocycles. The summed E-state index contributed by atoms with van der Waals surface area (Å²) >= 11 is 3.14. The van der Waals surface area contributed by atoms with Gasteiger partial charge in [0.05, 0.1) is 17.8 Å². The van der Waals surface area contributed by atoms with Crippen molar-refractivity contribution in [3.05, 3.63) is 22.4 Å². The van der Waals surface area contributed by atoms with E-state index in [1.54, 1.807) is 6.07 Å². The summed E-state index contributed by atoms with van der Waals surface area (Å²) in [5.74, 6) is -0.439. The molecule has 0 aliphatic carbocycles. The lowest BCUT2D eigenvalue weighted by molar-refractivity contribution is -0.142. The number of hydrogen-bond acceptors (Lipinski definition) is 5. The summed E-state index contributed by atoms with van der Waals surface area (Å²) in [7, 11) is 1.28. The maximum absolute atomic E-state index is 11.0. The number of methoxy groups -OCH3 is 1. The minimum Gasteiger partial charge on any atom is -0.505 e. The number of pyridine rings is 1. The molecule has 1 aromatic heterocycles. The Morgan fingerprint density at radius 3 is 3.00 bits per heavy atom. The molecule has 0 aliphatic rings.